The van der Waals surface area contributed by atoms with Gasteiger partial charge in [-0.05, 0) is 31.8 Å². The Bertz CT molecular complexity index is 174. The van der Waals surface area contributed by atoms with Crippen molar-refractivity contribution in [1.29, 1.82) is 0 Å². The van der Waals surface area contributed by atoms with E-state index in [-0.39, 0.29) is 5.91 Å². The molecule has 1 aliphatic rings. The maximum atomic E-state index is 10.8. The zero-order valence-electron chi connectivity index (χ0n) is 7.92. The smallest absolute Gasteiger partial charge is 0.243 e. The molecular weight excluding hydrogens is 166 g/mol. The van der Waals surface area contributed by atoms with Crippen molar-refractivity contribution in [3.8, 4) is 0 Å². The van der Waals surface area contributed by atoms with Crippen LogP contribution < -0.4 is 5.32 Å². The van der Waals surface area contributed by atoms with Gasteiger partial charge >= 0.3 is 0 Å². The number of rotatable bonds is 4. The quantitative estimate of drug-likeness (QED) is 0.666. The van der Waals surface area contributed by atoms with E-state index in [1.54, 1.807) is 0 Å². The minimum Gasteiger partial charge on any atom is -0.378 e. The van der Waals surface area contributed by atoms with Gasteiger partial charge in [0.2, 0.25) is 5.91 Å². The average molecular weight is 183 g/mol. The maximum Gasteiger partial charge on any atom is 0.243 e. The molecule has 1 atom stereocenters. The zero-order chi connectivity index (χ0) is 9.52. The second kappa shape index (κ2) is 5.75. The van der Waals surface area contributed by atoms with Gasteiger partial charge in [-0.3, -0.25) is 4.79 Å². The predicted molar refractivity (Wildman–Crippen MR) is 51.4 cm³/mol. The maximum absolute atomic E-state index is 10.8. The lowest BCUT2D eigenvalue weighted by molar-refractivity contribution is -0.116. The van der Waals surface area contributed by atoms with Crippen molar-refractivity contribution in [2.75, 3.05) is 13.2 Å². The molecule has 0 radical (unpaired) electrons. The van der Waals surface area contributed by atoms with Gasteiger partial charge in [0.25, 0.3) is 0 Å². The molecule has 0 aliphatic carbocycles. The first kappa shape index (κ1) is 10.3. The van der Waals surface area contributed by atoms with Gasteiger partial charge in [0.1, 0.15) is 0 Å². The van der Waals surface area contributed by atoms with Gasteiger partial charge in [-0.1, -0.05) is 6.58 Å². The summed E-state index contributed by atoms with van der Waals surface area (Å²) in [5.41, 5.74) is 0. The van der Waals surface area contributed by atoms with Crippen molar-refractivity contribution in [3.05, 3.63) is 12.7 Å². The lowest BCUT2D eigenvalue weighted by Crippen LogP contribution is -2.28. The van der Waals surface area contributed by atoms with E-state index in [1.807, 2.05) is 0 Å². The summed E-state index contributed by atoms with van der Waals surface area (Å²) >= 11 is 0. The monoisotopic (exact) mass is 183 g/mol. The Hall–Kier alpha value is -0.830. The Labute approximate surface area is 79.2 Å². The minimum absolute atomic E-state index is 0.101. The molecule has 0 aromatic heterocycles. The Morgan fingerprint density at radius 2 is 2.46 bits per heavy atom. The van der Waals surface area contributed by atoms with Gasteiger partial charge in [0.15, 0.2) is 0 Å². The second-order valence-electron chi connectivity index (χ2n) is 3.27. The molecule has 1 fully saturated rings. The predicted octanol–water partition coefficient (Wildman–Crippen LogP) is 1.25. The molecule has 13 heavy (non-hydrogen) atoms. The van der Waals surface area contributed by atoms with Crippen LogP contribution in [-0.4, -0.2) is 25.2 Å². The van der Waals surface area contributed by atoms with Crippen molar-refractivity contribution < 1.29 is 9.53 Å². The molecule has 0 aromatic carbocycles. The normalized spacial score (nSPS) is 22.3. The number of carbonyl (C=O) groups excluding carboxylic acids is 1. The van der Waals surface area contributed by atoms with Crippen LogP contribution in [0.3, 0.4) is 0 Å². The molecule has 1 unspecified atom stereocenters. The molecular formula is C10H17NO2. The summed E-state index contributed by atoms with van der Waals surface area (Å²) < 4.78 is 5.52. The molecule has 3 nitrogen and oxygen atoms in total. The SMILES string of the molecule is C=CC(=O)NCCC1CCCCO1. The molecule has 0 bridgehead atoms. The van der Waals surface area contributed by atoms with Crippen LogP contribution in [0.25, 0.3) is 0 Å². The van der Waals surface area contributed by atoms with Crippen LogP contribution in [0, 0.1) is 0 Å². The summed E-state index contributed by atoms with van der Waals surface area (Å²) in [6.07, 6.45) is 6.11. The molecule has 0 saturated carbocycles. The fraction of sp³-hybridized carbons (Fsp3) is 0.700. The highest BCUT2D eigenvalue weighted by Crippen LogP contribution is 2.14. The summed E-state index contributed by atoms with van der Waals surface area (Å²) in [7, 11) is 0. The third-order valence-electron chi connectivity index (χ3n) is 2.22. The van der Waals surface area contributed by atoms with E-state index in [9.17, 15) is 4.79 Å². The number of nitrogens with one attached hydrogen (secondary N) is 1. The molecule has 3 heteroatoms. The molecule has 1 N–H and O–H groups in total. The molecule has 0 aromatic rings. The van der Waals surface area contributed by atoms with Crippen LogP contribution >= 0.6 is 0 Å². The number of carbonyl (C=O) groups is 1. The number of hydrogen-bond donors (Lipinski definition) is 1. The zero-order valence-corrected chi connectivity index (χ0v) is 7.92. The third kappa shape index (κ3) is 4.08. The highest BCUT2D eigenvalue weighted by Gasteiger charge is 2.12. The van der Waals surface area contributed by atoms with Crippen LogP contribution in [-0.2, 0) is 9.53 Å². The summed E-state index contributed by atoms with van der Waals surface area (Å²) in [6, 6.07) is 0. The first-order chi connectivity index (χ1) is 6.33. The largest absolute Gasteiger partial charge is 0.378 e. The van der Waals surface area contributed by atoms with Crippen LogP contribution in [0.1, 0.15) is 25.7 Å². The van der Waals surface area contributed by atoms with Crippen molar-refractivity contribution in [2.24, 2.45) is 0 Å². The number of ether oxygens (including phenoxy) is 1. The molecule has 1 saturated heterocycles. The highest BCUT2D eigenvalue weighted by molar-refractivity contribution is 5.86. The van der Waals surface area contributed by atoms with E-state index in [1.165, 1.54) is 18.9 Å². The molecule has 1 amide bonds. The van der Waals surface area contributed by atoms with Crippen LogP contribution in [0.5, 0.6) is 0 Å². The lowest BCUT2D eigenvalue weighted by Gasteiger charge is -2.22. The standard InChI is InChI=1S/C10H17NO2/c1-2-10(12)11-7-6-9-5-3-4-8-13-9/h2,9H,1,3-8H2,(H,11,12). The van der Waals surface area contributed by atoms with Crippen molar-refractivity contribution >= 4 is 5.91 Å². The van der Waals surface area contributed by atoms with E-state index in [4.69, 9.17) is 4.74 Å². The van der Waals surface area contributed by atoms with Crippen LogP contribution in [0.15, 0.2) is 12.7 Å². The fourth-order valence-electron chi connectivity index (χ4n) is 1.46. The average Bonchev–Trinajstić information content (AvgIpc) is 2.19. The Kier molecular flexibility index (Phi) is 4.54. The number of hydrogen-bond acceptors (Lipinski definition) is 2. The van der Waals surface area contributed by atoms with E-state index < -0.39 is 0 Å². The summed E-state index contributed by atoms with van der Waals surface area (Å²) in [5.74, 6) is -0.101. The minimum atomic E-state index is -0.101. The van der Waals surface area contributed by atoms with Gasteiger partial charge in [0, 0.05) is 13.2 Å². The summed E-state index contributed by atoms with van der Waals surface area (Å²) in [6.45, 7) is 4.95. The second-order valence-corrected chi connectivity index (χ2v) is 3.27. The van der Waals surface area contributed by atoms with E-state index in [0.29, 0.717) is 12.6 Å². The van der Waals surface area contributed by atoms with Crippen LogP contribution in [0.4, 0.5) is 0 Å². The van der Waals surface area contributed by atoms with E-state index >= 15 is 0 Å². The first-order valence-corrected chi connectivity index (χ1v) is 4.85. The van der Waals surface area contributed by atoms with Crippen LogP contribution in [0.2, 0.25) is 0 Å². The van der Waals surface area contributed by atoms with Gasteiger partial charge in [-0.15, -0.1) is 0 Å². The molecule has 1 heterocycles. The fourth-order valence-corrected chi connectivity index (χ4v) is 1.46. The Balaban J connectivity index is 2.04. The topological polar surface area (TPSA) is 38.3 Å². The van der Waals surface area contributed by atoms with E-state index in [2.05, 4.69) is 11.9 Å². The van der Waals surface area contributed by atoms with Gasteiger partial charge in [-0.2, -0.15) is 0 Å². The highest BCUT2D eigenvalue weighted by atomic mass is 16.5. The Morgan fingerprint density at radius 3 is 3.08 bits per heavy atom. The van der Waals surface area contributed by atoms with E-state index in [0.717, 1.165) is 19.4 Å². The molecule has 74 valence electrons. The van der Waals surface area contributed by atoms with Crippen molar-refractivity contribution in [2.45, 2.75) is 31.8 Å². The van der Waals surface area contributed by atoms with Gasteiger partial charge < -0.3 is 10.1 Å². The number of amides is 1. The molecule has 1 aliphatic heterocycles. The Morgan fingerprint density at radius 1 is 1.62 bits per heavy atom. The summed E-state index contributed by atoms with van der Waals surface area (Å²) in [5, 5.41) is 2.74. The van der Waals surface area contributed by atoms with Crippen molar-refractivity contribution in [3.63, 3.8) is 0 Å². The first-order valence-electron chi connectivity index (χ1n) is 4.85. The van der Waals surface area contributed by atoms with Gasteiger partial charge in [0.05, 0.1) is 6.10 Å². The van der Waals surface area contributed by atoms with Gasteiger partial charge in [-0.25, -0.2) is 0 Å². The lowest BCUT2D eigenvalue weighted by atomic mass is 10.1. The molecule has 0 spiro atoms. The van der Waals surface area contributed by atoms with Crippen molar-refractivity contribution in [1.82, 2.24) is 5.32 Å². The summed E-state index contributed by atoms with van der Waals surface area (Å²) in [4.78, 5) is 10.8. The molecule has 1 rings (SSSR count). The third-order valence-corrected chi connectivity index (χ3v) is 2.22.